The van der Waals surface area contributed by atoms with Crippen molar-refractivity contribution in [3.63, 3.8) is 0 Å². The standard InChI is InChI=1S/C16H22N2O3/c1-4-12(10-19)9-13(20)15-11(3)17-16-14(21-5-2)7-6-8-18(15)16/h6-8,12,19H,4-5,9-10H2,1-3H3/t12-/m0/s1. The summed E-state index contributed by atoms with van der Waals surface area (Å²) in [4.78, 5) is 17.0. The van der Waals surface area contributed by atoms with Crippen LogP contribution in [0.15, 0.2) is 18.3 Å². The zero-order chi connectivity index (χ0) is 15.4. The number of hydrogen-bond donors (Lipinski definition) is 1. The number of carbonyl (C=O) groups is 1. The molecule has 0 saturated carbocycles. The van der Waals surface area contributed by atoms with Crippen LogP contribution in [0.3, 0.4) is 0 Å². The van der Waals surface area contributed by atoms with Crippen LogP contribution in [0.1, 0.15) is 42.9 Å². The monoisotopic (exact) mass is 290 g/mol. The zero-order valence-electron chi connectivity index (χ0n) is 12.8. The number of fused-ring (bicyclic) bond motifs is 1. The molecule has 0 saturated heterocycles. The molecule has 2 rings (SSSR count). The van der Waals surface area contributed by atoms with E-state index in [4.69, 9.17) is 4.74 Å². The fraction of sp³-hybridized carbons (Fsp3) is 0.500. The second-order valence-corrected chi connectivity index (χ2v) is 5.13. The fourth-order valence-corrected chi connectivity index (χ4v) is 2.46. The average molecular weight is 290 g/mol. The summed E-state index contributed by atoms with van der Waals surface area (Å²) in [6.45, 7) is 6.30. The highest BCUT2D eigenvalue weighted by Crippen LogP contribution is 2.24. The maximum absolute atomic E-state index is 12.5. The number of aromatic nitrogens is 2. The van der Waals surface area contributed by atoms with Gasteiger partial charge in [0.2, 0.25) is 0 Å². The molecule has 0 unspecified atom stereocenters. The lowest BCUT2D eigenvalue weighted by Crippen LogP contribution is -2.14. The number of rotatable bonds is 7. The summed E-state index contributed by atoms with van der Waals surface area (Å²) in [5.74, 6) is 0.684. The average Bonchev–Trinajstić information content (AvgIpc) is 2.82. The molecule has 21 heavy (non-hydrogen) atoms. The molecule has 0 radical (unpaired) electrons. The number of aryl methyl sites for hydroxylation is 1. The molecule has 0 fully saturated rings. The second kappa shape index (κ2) is 6.72. The number of ketones is 1. The van der Waals surface area contributed by atoms with Crippen molar-refractivity contribution in [2.75, 3.05) is 13.2 Å². The molecule has 2 heterocycles. The van der Waals surface area contributed by atoms with Crippen LogP contribution >= 0.6 is 0 Å². The molecule has 1 atom stereocenters. The van der Waals surface area contributed by atoms with E-state index in [0.717, 1.165) is 6.42 Å². The largest absolute Gasteiger partial charge is 0.490 e. The number of nitrogens with zero attached hydrogens (tertiary/aromatic N) is 2. The summed E-state index contributed by atoms with van der Waals surface area (Å²) in [5.41, 5.74) is 1.94. The molecule has 2 aromatic rings. The van der Waals surface area contributed by atoms with Gasteiger partial charge in [-0.05, 0) is 31.9 Å². The molecule has 0 aliphatic carbocycles. The highest BCUT2D eigenvalue weighted by molar-refractivity contribution is 5.96. The van der Waals surface area contributed by atoms with Gasteiger partial charge in [0, 0.05) is 19.2 Å². The number of pyridine rings is 1. The van der Waals surface area contributed by atoms with Gasteiger partial charge < -0.3 is 9.84 Å². The van der Waals surface area contributed by atoms with Crippen LogP contribution in [0.4, 0.5) is 0 Å². The minimum absolute atomic E-state index is 0.00229. The Balaban J connectivity index is 2.42. The maximum atomic E-state index is 12.5. The Morgan fingerprint density at radius 2 is 2.24 bits per heavy atom. The predicted molar refractivity (Wildman–Crippen MR) is 80.9 cm³/mol. The summed E-state index contributed by atoms with van der Waals surface area (Å²) in [6.07, 6.45) is 2.94. The van der Waals surface area contributed by atoms with Gasteiger partial charge in [-0.2, -0.15) is 0 Å². The van der Waals surface area contributed by atoms with Crippen molar-refractivity contribution in [2.45, 2.75) is 33.6 Å². The summed E-state index contributed by atoms with van der Waals surface area (Å²) in [5, 5.41) is 9.27. The Morgan fingerprint density at radius 3 is 2.86 bits per heavy atom. The van der Waals surface area contributed by atoms with Crippen molar-refractivity contribution in [3.05, 3.63) is 29.7 Å². The third kappa shape index (κ3) is 3.08. The Morgan fingerprint density at radius 1 is 1.48 bits per heavy atom. The van der Waals surface area contributed by atoms with Crippen molar-refractivity contribution < 1.29 is 14.6 Å². The molecular weight excluding hydrogens is 268 g/mol. The van der Waals surface area contributed by atoms with E-state index in [-0.39, 0.29) is 18.3 Å². The summed E-state index contributed by atoms with van der Waals surface area (Å²) < 4.78 is 7.34. The van der Waals surface area contributed by atoms with Gasteiger partial charge in [-0.1, -0.05) is 13.3 Å². The van der Waals surface area contributed by atoms with Gasteiger partial charge in [0.1, 0.15) is 5.69 Å². The van der Waals surface area contributed by atoms with Gasteiger partial charge in [0.05, 0.1) is 12.3 Å². The number of hydrogen-bond acceptors (Lipinski definition) is 4. The molecule has 2 aromatic heterocycles. The van der Waals surface area contributed by atoms with Crippen LogP contribution in [0.5, 0.6) is 5.75 Å². The Labute approximate surface area is 124 Å². The second-order valence-electron chi connectivity index (χ2n) is 5.13. The molecule has 0 aliphatic rings. The van der Waals surface area contributed by atoms with E-state index in [1.165, 1.54) is 0 Å². The lowest BCUT2D eigenvalue weighted by Gasteiger charge is -2.11. The van der Waals surface area contributed by atoms with Gasteiger partial charge in [-0.15, -0.1) is 0 Å². The van der Waals surface area contributed by atoms with E-state index < -0.39 is 0 Å². The molecule has 0 aromatic carbocycles. The first kappa shape index (κ1) is 15.5. The third-order valence-electron chi connectivity index (χ3n) is 3.66. The van der Waals surface area contributed by atoms with Gasteiger partial charge in [-0.25, -0.2) is 4.98 Å². The van der Waals surface area contributed by atoms with Gasteiger partial charge in [-0.3, -0.25) is 9.20 Å². The number of carbonyl (C=O) groups excluding carboxylic acids is 1. The number of aliphatic hydroxyl groups is 1. The van der Waals surface area contributed by atoms with Gasteiger partial charge in [0.15, 0.2) is 17.2 Å². The first-order valence-corrected chi connectivity index (χ1v) is 7.36. The number of aliphatic hydroxyl groups excluding tert-OH is 1. The highest BCUT2D eigenvalue weighted by atomic mass is 16.5. The summed E-state index contributed by atoms with van der Waals surface area (Å²) >= 11 is 0. The van der Waals surface area contributed by atoms with E-state index >= 15 is 0 Å². The van der Waals surface area contributed by atoms with Crippen LogP contribution < -0.4 is 4.74 Å². The van der Waals surface area contributed by atoms with Gasteiger partial charge >= 0.3 is 0 Å². The number of Topliss-reactive ketones (excluding diaryl/α,β-unsaturated/α-hetero) is 1. The molecule has 0 amide bonds. The lowest BCUT2D eigenvalue weighted by molar-refractivity contribution is 0.0927. The minimum atomic E-state index is -0.00229. The fourth-order valence-electron chi connectivity index (χ4n) is 2.46. The molecule has 0 aliphatic heterocycles. The maximum Gasteiger partial charge on any atom is 0.181 e. The van der Waals surface area contributed by atoms with Crippen molar-refractivity contribution in [1.29, 1.82) is 0 Å². The smallest absolute Gasteiger partial charge is 0.181 e. The molecule has 0 spiro atoms. The molecule has 5 heteroatoms. The first-order chi connectivity index (χ1) is 10.1. The van der Waals surface area contributed by atoms with Crippen molar-refractivity contribution >= 4 is 11.4 Å². The first-order valence-electron chi connectivity index (χ1n) is 7.36. The minimum Gasteiger partial charge on any atom is -0.490 e. The SMILES string of the molecule is CCOc1cccn2c(C(=O)C[C@H](CC)CO)c(C)nc12. The number of ether oxygens (including phenoxy) is 1. The van der Waals surface area contributed by atoms with Crippen molar-refractivity contribution in [3.8, 4) is 5.75 Å². The molecular formula is C16H22N2O3. The lowest BCUT2D eigenvalue weighted by atomic mass is 9.99. The van der Waals surface area contributed by atoms with Crippen LogP contribution in [-0.4, -0.2) is 33.5 Å². The van der Waals surface area contributed by atoms with Gasteiger partial charge in [0.25, 0.3) is 0 Å². The van der Waals surface area contributed by atoms with E-state index in [1.807, 2.05) is 39.1 Å². The van der Waals surface area contributed by atoms with E-state index in [2.05, 4.69) is 4.98 Å². The molecule has 114 valence electrons. The van der Waals surface area contributed by atoms with E-state index in [1.54, 1.807) is 4.40 Å². The van der Waals surface area contributed by atoms with Crippen LogP contribution in [0.2, 0.25) is 0 Å². The van der Waals surface area contributed by atoms with Crippen molar-refractivity contribution in [2.24, 2.45) is 5.92 Å². The highest BCUT2D eigenvalue weighted by Gasteiger charge is 2.21. The van der Waals surface area contributed by atoms with Crippen LogP contribution in [0, 0.1) is 12.8 Å². The summed E-state index contributed by atoms with van der Waals surface area (Å²) in [7, 11) is 0. The zero-order valence-corrected chi connectivity index (χ0v) is 12.8. The Bertz CT molecular complexity index is 630. The predicted octanol–water partition coefficient (Wildman–Crippen LogP) is 2.63. The van der Waals surface area contributed by atoms with Crippen LogP contribution in [0.25, 0.3) is 5.65 Å². The third-order valence-corrected chi connectivity index (χ3v) is 3.66. The quantitative estimate of drug-likeness (QED) is 0.796. The van der Waals surface area contributed by atoms with E-state index in [9.17, 15) is 9.90 Å². The number of imidazole rings is 1. The van der Waals surface area contributed by atoms with Crippen LogP contribution in [-0.2, 0) is 0 Å². The summed E-state index contributed by atoms with van der Waals surface area (Å²) in [6, 6.07) is 3.70. The van der Waals surface area contributed by atoms with E-state index in [0.29, 0.717) is 35.8 Å². The topological polar surface area (TPSA) is 63.8 Å². The normalized spacial score (nSPS) is 12.6. The Hall–Kier alpha value is -1.88. The molecule has 0 bridgehead atoms. The Kier molecular flexibility index (Phi) is 4.96. The van der Waals surface area contributed by atoms with Crippen molar-refractivity contribution in [1.82, 2.24) is 9.38 Å². The molecule has 5 nitrogen and oxygen atoms in total. The molecule has 1 N–H and O–H groups in total.